The predicted molar refractivity (Wildman–Crippen MR) is 92.8 cm³/mol. The SMILES string of the molecule is Cc1ccc(S(=O)(=O)NCCOc2ccc(Cl)c(C)c2)cc1C. The van der Waals surface area contributed by atoms with E-state index in [9.17, 15) is 8.42 Å². The Hall–Kier alpha value is -1.56. The van der Waals surface area contributed by atoms with Crippen LogP contribution >= 0.6 is 11.6 Å². The fraction of sp³-hybridized carbons (Fsp3) is 0.294. The van der Waals surface area contributed by atoms with Crippen molar-refractivity contribution < 1.29 is 13.2 Å². The second-order valence-corrected chi connectivity index (χ2v) is 7.58. The lowest BCUT2D eigenvalue weighted by Crippen LogP contribution is -2.28. The van der Waals surface area contributed by atoms with Gasteiger partial charge in [0, 0.05) is 11.6 Å². The summed E-state index contributed by atoms with van der Waals surface area (Å²) in [6.07, 6.45) is 0. The second kappa shape index (κ2) is 7.34. The number of rotatable bonds is 6. The van der Waals surface area contributed by atoms with Gasteiger partial charge in [0.1, 0.15) is 12.4 Å². The van der Waals surface area contributed by atoms with Crippen molar-refractivity contribution >= 4 is 21.6 Å². The van der Waals surface area contributed by atoms with Crippen molar-refractivity contribution in [2.45, 2.75) is 25.7 Å². The molecule has 6 heteroatoms. The highest BCUT2D eigenvalue weighted by atomic mass is 35.5. The molecular formula is C17H20ClNO3S. The van der Waals surface area contributed by atoms with Crippen LogP contribution in [0.5, 0.6) is 5.75 Å². The molecule has 0 bridgehead atoms. The molecule has 0 fully saturated rings. The van der Waals surface area contributed by atoms with Gasteiger partial charge in [-0.05, 0) is 67.8 Å². The van der Waals surface area contributed by atoms with Gasteiger partial charge in [-0.1, -0.05) is 17.7 Å². The topological polar surface area (TPSA) is 55.4 Å². The molecule has 124 valence electrons. The summed E-state index contributed by atoms with van der Waals surface area (Å²) in [5, 5.41) is 0.674. The molecule has 0 saturated heterocycles. The highest BCUT2D eigenvalue weighted by molar-refractivity contribution is 7.89. The Kier molecular flexibility index (Phi) is 5.68. The van der Waals surface area contributed by atoms with E-state index < -0.39 is 10.0 Å². The summed E-state index contributed by atoms with van der Waals surface area (Å²) in [4.78, 5) is 0.267. The van der Waals surface area contributed by atoms with Crippen molar-refractivity contribution in [3.8, 4) is 5.75 Å². The number of sulfonamides is 1. The number of nitrogens with one attached hydrogen (secondary N) is 1. The first-order chi connectivity index (χ1) is 10.8. The van der Waals surface area contributed by atoms with E-state index >= 15 is 0 Å². The molecule has 23 heavy (non-hydrogen) atoms. The van der Waals surface area contributed by atoms with Gasteiger partial charge in [0.2, 0.25) is 10.0 Å². The molecule has 0 amide bonds. The molecule has 0 aliphatic carbocycles. The molecule has 0 heterocycles. The molecule has 0 radical (unpaired) electrons. The lowest BCUT2D eigenvalue weighted by Gasteiger charge is -2.10. The summed E-state index contributed by atoms with van der Waals surface area (Å²) in [6, 6.07) is 10.4. The minimum Gasteiger partial charge on any atom is -0.492 e. The van der Waals surface area contributed by atoms with Gasteiger partial charge < -0.3 is 4.74 Å². The molecule has 0 saturated carbocycles. The molecule has 2 aromatic carbocycles. The van der Waals surface area contributed by atoms with Gasteiger partial charge in [-0.3, -0.25) is 0 Å². The van der Waals surface area contributed by atoms with E-state index in [1.165, 1.54) is 0 Å². The van der Waals surface area contributed by atoms with Gasteiger partial charge >= 0.3 is 0 Å². The summed E-state index contributed by atoms with van der Waals surface area (Å²) in [7, 11) is -3.52. The number of aryl methyl sites for hydroxylation is 3. The molecular weight excluding hydrogens is 334 g/mol. The van der Waals surface area contributed by atoms with Crippen LogP contribution in [-0.4, -0.2) is 21.6 Å². The quantitative estimate of drug-likeness (QED) is 0.807. The van der Waals surface area contributed by atoms with E-state index in [0.29, 0.717) is 10.8 Å². The maximum Gasteiger partial charge on any atom is 0.240 e. The summed E-state index contributed by atoms with van der Waals surface area (Å²) < 4.78 is 32.5. The Morgan fingerprint density at radius 2 is 1.74 bits per heavy atom. The normalized spacial score (nSPS) is 11.5. The average molecular weight is 354 g/mol. The van der Waals surface area contributed by atoms with E-state index in [-0.39, 0.29) is 18.0 Å². The van der Waals surface area contributed by atoms with Crippen LogP contribution in [0.2, 0.25) is 5.02 Å². The smallest absolute Gasteiger partial charge is 0.240 e. The van der Waals surface area contributed by atoms with Crippen molar-refractivity contribution in [1.82, 2.24) is 4.72 Å². The highest BCUT2D eigenvalue weighted by Crippen LogP contribution is 2.21. The standard InChI is InChI=1S/C17H20ClNO3S/c1-12-4-6-16(11-13(12)2)23(20,21)19-8-9-22-15-5-7-17(18)14(3)10-15/h4-7,10-11,19H,8-9H2,1-3H3. The van der Waals surface area contributed by atoms with Crippen LogP contribution in [-0.2, 0) is 10.0 Å². The van der Waals surface area contributed by atoms with Crippen molar-refractivity contribution in [3.63, 3.8) is 0 Å². The Labute approximate surface area is 142 Å². The fourth-order valence-corrected chi connectivity index (χ4v) is 3.23. The Balaban J connectivity index is 1.92. The maximum absolute atomic E-state index is 12.2. The van der Waals surface area contributed by atoms with Crippen LogP contribution in [0.25, 0.3) is 0 Å². The van der Waals surface area contributed by atoms with Gasteiger partial charge in [-0.25, -0.2) is 13.1 Å². The molecule has 4 nitrogen and oxygen atoms in total. The first-order valence-electron chi connectivity index (χ1n) is 7.25. The molecule has 0 aromatic heterocycles. The van der Waals surface area contributed by atoms with Crippen LogP contribution < -0.4 is 9.46 Å². The summed E-state index contributed by atoms with van der Waals surface area (Å²) in [5.41, 5.74) is 2.92. The lowest BCUT2D eigenvalue weighted by atomic mass is 10.1. The highest BCUT2D eigenvalue weighted by Gasteiger charge is 2.14. The third-order valence-corrected chi connectivity index (χ3v) is 5.46. The molecule has 0 unspecified atom stereocenters. The Morgan fingerprint density at radius 1 is 1.00 bits per heavy atom. The predicted octanol–water partition coefficient (Wildman–Crippen LogP) is 3.62. The van der Waals surface area contributed by atoms with Gasteiger partial charge in [-0.15, -0.1) is 0 Å². The Bertz CT molecular complexity index is 803. The monoisotopic (exact) mass is 353 g/mol. The van der Waals surface area contributed by atoms with Crippen molar-refractivity contribution in [1.29, 1.82) is 0 Å². The zero-order valence-corrected chi connectivity index (χ0v) is 15.0. The maximum atomic E-state index is 12.2. The number of hydrogen-bond acceptors (Lipinski definition) is 3. The molecule has 0 spiro atoms. The van der Waals surface area contributed by atoms with Gasteiger partial charge in [0.15, 0.2) is 0 Å². The third-order valence-electron chi connectivity index (χ3n) is 3.58. The number of ether oxygens (including phenoxy) is 1. The van der Waals surface area contributed by atoms with Crippen LogP contribution in [0.4, 0.5) is 0 Å². The Morgan fingerprint density at radius 3 is 2.39 bits per heavy atom. The van der Waals surface area contributed by atoms with Crippen LogP contribution in [0, 0.1) is 20.8 Å². The lowest BCUT2D eigenvalue weighted by molar-refractivity contribution is 0.322. The average Bonchev–Trinajstić information content (AvgIpc) is 2.50. The van der Waals surface area contributed by atoms with Gasteiger partial charge in [0.25, 0.3) is 0 Å². The molecule has 0 aliphatic heterocycles. The summed E-state index contributed by atoms with van der Waals surface area (Å²) >= 11 is 5.95. The second-order valence-electron chi connectivity index (χ2n) is 5.40. The van der Waals surface area contributed by atoms with E-state index in [1.807, 2.05) is 26.8 Å². The van der Waals surface area contributed by atoms with Crippen LogP contribution in [0.1, 0.15) is 16.7 Å². The molecule has 0 aliphatic rings. The minimum atomic E-state index is -3.52. The van der Waals surface area contributed by atoms with E-state index in [2.05, 4.69) is 4.72 Å². The largest absolute Gasteiger partial charge is 0.492 e. The fourth-order valence-electron chi connectivity index (χ4n) is 2.02. The minimum absolute atomic E-state index is 0.191. The molecule has 0 atom stereocenters. The summed E-state index contributed by atoms with van der Waals surface area (Å²) in [5.74, 6) is 0.664. The summed E-state index contributed by atoms with van der Waals surface area (Å²) in [6.45, 7) is 6.15. The third kappa shape index (κ3) is 4.70. The molecule has 1 N–H and O–H groups in total. The zero-order chi connectivity index (χ0) is 17.0. The first kappa shape index (κ1) is 17.8. The van der Waals surface area contributed by atoms with E-state index in [0.717, 1.165) is 16.7 Å². The van der Waals surface area contributed by atoms with Crippen LogP contribution in [0.3, 0.4) is 0 Å². The number of halogens is 1. The van der Waals surface area contributed by atoms with Crippen molar-refractivity contribution in [2.75, 3.05) is 13.2 Å². The first-order valence-corrected chi connectivity index (χ1v) is 9.11. The van der Waals surface area contributed by atoms with Gasteiger partial charge in [-0.2, -0.15) is 0 Å². The van der Waals surface area contributed by atoms with E-state index in [4.69, 9.17) is 16.3 Å². The van der Waals surface area contributed by atoms with Gasteiger partial charge in [0.05, 0.1) is 4.90 Å². The molecule has 2 aromatic rings. The van der Waals surface area contributed by atoms with Crippen LogP contribution in [0.15, 0.2) is 41.3 Å². The van der Waals surface area contributed by atoms with E-state index in [1.54, 1.807) is 30.3 Å². The van der Waals surface area contributed by atoms with Crippen molar-refractivity contribution in [3.05, 3.63) is 58.1 Å². The zero-order valence-electron chi connectivity index (χ0n) is 13.4. The number of hydrogen-bond donors (Lipinski definition) is 1. The molecule has 2 rings (SSSR count). The number of benzene rings is 2. The van der Waals surface area contributed by atoms with Crippen molar-refractivity contribution in [2.24, 2.45) is 0 Å².